The molecule has 0 aliphatic rings. The summed E-state index contributed by atoms with van der Waals surface area (Å²) < 4.78 is 6.40. The van der Waals surface area contributed by atoms with Crippen molar-refractivity contribution in [3.05, 3.63) is 29.3 Å². The minimum Gasteiger partial charge on any atom is -0.494 e. The van der Waals surface area contributed by atoms with Gasteiger partial charge in [0.2, 0.25) is 0 Å². The van der Waals surface area contributed by atoms with Crippen molar-refractivity contribution in [2.45, 2.75) is 12.1 Å². The second-order valence-electron chi connectivity index (χ2n) is 3.46. The minimum atomic E-state index is 0.671. The van der Waals surface area contributed by atoms with E-state index in [0.717, 1.165) is 32.2 Å². The molecule has 3 nitrogen and oxygen atoms in total. The number of aromatic nitrogens is 2. The highest BCUT2D eigenvalue weighted by atomic mass is 79.9. The van der Waals surface area contributed by atoms with Gasteiger partial charge in [0.15, 0.2) is 5.16 Å². The molecular weight excluding hydrogens is 300 g/mol. The Hall–Kier alpha value is -0.940. The zero-order chi connectivity index (χ0) is 12.3. The Morgan fingerprint density at radius 2 is 2.41 bits per heavy atom. The van der Waals surface area contributed by atoms with E-state index in [1.165, 1.54) is 0 Å². The van der Waals surface area contributed by atoms with E-state index < -0.39 is 0 Å². The van der Waals surface area contributed by atoms with E-state index in [1.54, 1.807) is 11.8 Å². The van der Waals surface area contributed by atoms with Crippen molar-refractivity contribution < 1.29 is 4.74 Å². The quantitative estimate of drug-likeness (QED) is 0.849. The molecule has 0 unspecified atom stereocenters. The van der Waals surface area contributed by atoms with Crippen molar-refractivity contribution >= 4 is 38.7 Å². The Bertz CT molecular complexity index is 538. The molecule has 1 aromatic heterocycles. The average Bonchev–Trinajstić information content (AvgIpc) is 2.69. The lowest BCUT2D eigenvalue weighted by Crippen LogP contribution is -1.90. The van der Waals surface area contributed by atoms with E-state index in [1.807, 2.05) is 25.1 Å². The predicted molar refractivity (Wildman–Crippen MR) is 76.1 cm³/mol. The second kappa shape index (κ2) is 5.60. The molecule has 0 saturated carbocycles. The summed E-state index contributed by atoms with van der Waals surface area (Å²) >= 11 is 4.95. The highest BCUT2D eigenvalue weighted by molar-refractivity contribution is 9.11. The molecule has 0 spiro atoms. The van der Waals surface area contributed by atoms with Crippen molar-refractivity contribution in [1.82, 2.24) is 9.97 Å². The molecule has 0 atom stereocenters. The van der Waals surface area contributed by atoms with Crippen LogP contribution in [0.2, 0.25) is 0 Å². The number of ether oxygens (including phenoxy) is 1. The highest BCUT2D eigenvalue weighted by Crippen LogP contribution is 2.24. The van der Waals surface area contributed by atoms with Crippen LogP contribution in [0.3, 0.4) is 0 Å². The first-order valence-corrected chi connectivity index (χ1v) is 7.05. The molecule has 1 heterocycles. The summed E-state index contributed by atoms with van der Waals surface area (Å²) in [7, 11) is 0. The number of rotatable bonds is 5. The van der Waals surface area contributed by atoms with E-state index in [-0.39, 0.29) is 0 Å². The molecule has 0 amide bonds. The zero-order valence-corrected chi connectivity index (χ0v) is 11.9. The van der Waals surface area contributed by atoms with Crippen molar-refractivity contribution in [2.75, 3.05) is 12.4 Å². The number of halogens is 1. The van der Waals surface area contributed by atoms with Gasteiger partial charge in [0.1, 0.15) is 5.75 Å². The van der Waals surface area contributed by atoms with Crippen LogP contribution in [0.1, 0.15) is 6.92 Å². The molecular formula is C12H13BrN2OS. The smallest absolute Gasteiger partial charge is 0.166 e. The maximum Gasteiger partial charge on any atom is 0.166 e. The summed E-state index contributed by atoms with van der Waals surface area (Å²) in [4.78, 5) is 7.74. The number of imidazole rings is 1. The van der Waals surface area contributed by atoms with Gasteiger partial charge in [-0.25, -0.2) is 4.98 Å². The van der Waals surface area contributed by atoms with Crippen LogP contribution in [0.25, 0.3) is 11.0 Å². The van der Waals surface area contributed by atoms with Crippen molar-refractivity contribution in [3.8, 4) is 5.75 Å². The largest absolute Gasteiger partial charge is 0.494 e. The van der Waals surface area contributed by atoms with Gasteiger partial charge in [-0.1, -0.05) is 34.3 Å². The number of hydrogen-bond acceptors (Lipinski definition) is 3. The molecule has 2 rings (SSSR count). The van der Waals surface area contributed by atoms with Crippen LogP contribution in [-0.4, -0.2) is 22.3 Å². The molecule has 0 fully saturated rings. The fourth-order valence-corrected chi connectivity index (χ4v) is 2.42. The van der Waals surface area contributed by atoms with E-state index in [0.29, 0.717) is 6.61 Å². The summed E-state index contributed by atoms with van der Waals surface area (Å²) in [5, 5.41) is 0.897. The Labute approximate surface area is 113 Å². The molecule has 0 aliphatic carbocycles. The molecule has 1 aromatic carbocycles. The predicted octanol–water partition coefficient (Wildman–Crippen LogP) is 3.96. The summed E-state index contributed by atoms with van der Waals surface area (Å²) in [6.07, 6.45) is 0. The van der Waals surface area contributed by atoms with Gasteiger partial charge < -0.3 is 9.72 Å². The molecule has 0 aliphatic heterocycles. The SMILES string of the molecule is C=C(Br)CSc1nc2ccc(OCC)cc2[nH]1. The Morgan fingerprint density at radius 3 is 3.12 bits per heavy atom. The van der Waals surface area contributed by atoms with Crippen molar-refractivity contribution in [2.24, 2.45) is 0 Å². The third-order valence-corrected chi connectivity index (χ3v) is 3.72. The summed E-state index contributed by atoms with van der Waals surface area (Å²) in [5.41, 5.74) is 1.95. The minimum absolute atomic E-state index is 0.671. The number of nitrogens with one attached hydrogen (secondary N) is 1. The van der Waals surface area contributed by atoms with Gasteiger partial charge in [0.25, 0.3) is 0 Å². The van der Waals surface area contributed by atoms with Crippen LogP contribution >= 0.6 is 27.7 Å². The van der Waals surface area contributed by atoms with Gasteiger partial charge in [0, 0.05) is 11.8 Å². The Balaban J connectivity index is 2.21. The third-order valence-electron chi connectivity index (χ3n) is 2.11. The zero-order valence-electron chi connectivity index (χ0n) is 9.50. The number of benzene rings is 1. The van der Waals surface area contributed by atoms with Crippen LogP contribution in [-0.2, 0) is 0 Å². The Morgan fingerprint density at radius 1 is 1.59 bits per heavy atom. The van der Waals surface area contributed by atoms with Crippen LogP contribution in [0.5, 0.6) is 5.75 Å². The standard InChI is InChI=1S/C12H13BrN2OS/c1-3-16-9-4-5-10-11(6-9)15-12(14-10)17-7-8(2)13/h4-6H,2-3,7H2,1H3,(H,14,15). The average molecular weight is 313 g/mol. The van der Waals surface area contributed by atoms with Gasteiger partial charge in [-0.2, -0.15) is 0 Å². The second-order valence-corrected chi connectivity index (χ2v) is 5.55. The third kappa shape index (κ3) is 3.26. The fraction of sp³-hybridized carbons (Fsp3) is 0.250. The van der Waals surface area contributed by atoms with Crippen LogP contribution in [0.15, 0.2) is 34.4 Å². The van der Waals surface area contributed by atoms with Crippen LogP contribution in [0.4, 0.5) is 0 Å². The summed E-state index contributed by atoms with van der Waals surface area (Å²) in [6, 6.07) is 5.87. The number of H-pyrrole nitrogens is 1. The van der Waals surface area contributed by atoms with E-state index in [9.17, 15) is 0 Å². The van der Waals surface area contributed by atoms with E-state index in [2.05, 4.69) is 32.5 Å². The number of hydrogen-bond donors (Lipinski definition) is 1. The van der Waals surface area contributed by atoms with Crippen molar-refractivity contribution in [3.63, 3.8) is 0 Å². The number of fused-ring (bicyclic) bond motifs is 1. The lowest BCUT2D eigenvalue weighted by Gasteiger charge is -2.00. The summed E-state index contributed by atoms with van der Waals surface area (Å²) in [6.45, 7) is 6.44. The number of aromatic amines is 1. The first-order valence-electron chi connectivity index (χ1n) is 5.27. The lowest BCUT2D eigenvalue weighted by atomic mass is 10.3. The van der Waals surface area contributed by atoms with Crippen molar-refractivity contribution in [1.29, 1.82) is 0 Å². The van der Waals surface area contributed by atoms with Gasteiger partial charge in [-0.3, -0.25) is 0 Å². The molecule has 5 heteroatoms. The number of thioether (sulfide) groups is 1. The highest BCUT2D eigenvalue weighted by Gasteiger charge is 2.04. The van der Waals surface area contributed by atoms with E-state index >= 15 is 0 Å². The van der Waals surface area contributed by atoms with Gasteiger partial charge >= 0.3 is 0 Å². The topological polar surface area (TPSA) is 37.9 Å². The molecule has 0 saturated heterocycles. The molecule has 0 radical (unpaired) electrons. The lowest BCUT2D eigenvalue weighted by molar-refractivity contribution is 0.340. The Kier molecular flexibility index (Phi) is 4.12. The number of nitrogens with zero attached hydrogens (tertiary/aromatic N) is 1. The van der Waals surface area contributed by atoms with E-state index in [4.69, 9.17) is 4.74 Å². The molecule has 0 bridgehead atoms. The van der Waals surface area contributed by atoms with Gasteiger partial charge in [-0.15, -0.1) is 0 Å². The molecule has 2 aromatic rings. The summed E-state index contributed by atoms with van der Waals surface area (Å²) in [5.74, 6) is 1.67. The van der Waals surface area contributed by atoms with Gasteiger partial charge in [0.05, 0.1) is 17.6 Å². The normalized spacial score (nSPS) is 10.7. The fourth-order valence-electron chi connectivity index (χ4n) is 1.44. The first kappa shape index (κ1) is 12.5. The van der Waals surface area contributed by atoms with Gasteiger partial charge in [-0.05, 0) is 23.5 Å². The molecule has 90 valence electrons. The van der Waals surface area contributed by atoms with Crippen LogP contribution in [0, 0.1) is 0 Å². The monoisotopic (exact) mass is 312 g/mol. The molecule has 17 heavy (non-hydrogen) atoms. The maximum absolute atomic E-state index is 5.45. The first-order chi connectivity index (χ1) is 8.19. The van der Waals surface area contributed by atoms with Crippen LogP contribution < -0.4 is 4.74 Å². The molecule has 1 N–H and O–H groups in total. The maximum atomic E-state index is 5.45.